The van der Waals surface area contributed by atoms with E-state index in [1.165, 1.54) is 0 Å². The number of rotatable bonds is 2. The molecule has 2 aromatic heterocycles. The van der Waals surface area contributed by atoms with Gasteiger partial charge in [-0.05, 0) is 29.0 Å². The van der Waals surface area contributed by atoms with Gasteiger partial charge in [-0.3, -0.25) is 0 Å². The molecular weight excluding hydrogens is 371 g/mol. The molecule has 0 spiro atoms. The first-order chi connectivity index (χ1) is 11.5. The number of hydrogen-bond donors (Lipinski definition) is 0. The van der Waals surface area contributed by atoms with Gasteiger partial charge >= 0.3 is 0 Å². The molecule has 2 aromatic carbocycles. The van der Waals surface area contributed by atoms with Crippen molar-refractivity contribution in [2.75, 3.05) is 0 Å². The van der Waals surface area contributed by atoms with Crippen LogP contribution in [0.15, 0.2) is 51.3 Å². The van der Waals surface area contributed by atoms with E-state index >= 15 is 0 Å². The third kappa shape index (κ3) is 2.88. The Balaban J connectivity index is 1.69. The van der Waals surface area contributed by atoms with Gasteiger partial charge < -0.3 is 8.83 Å². The summed E-state index contributed by atoms with van der Waals surface area (Å²) in [6.45, 7) is 0. The quantitative estimate of drug-likeness (QED) is 0.403. The number of aromatic nitrogens is 2. The Morgan fingerprint density at radius 3 is 2.50 bits per heavy atom. The van der Waals surface area contributed by atoms with E-state index in [4.69, 9.17) is 43.6 Å². The minimum atomic E-state index is -1.74. The molecule has 0 saturated carbocycles. The molecule has 0 N–H and O–H groups in total. The summed E-state index contributed by atoms with van der Waals surface area (Å²) >= 11 is 17.1. The van der Waals surface area contributed by atoms with Crippen LogP contribution in [-0.2, 0) is 3.79 Å². The molecule has 0 atom stereocenters. The Morgan fingerprint density at radius 1 is 0.875 bits per heavy atom. The molecule has 0 radical (unpaired) electrons. The maximum Gasteiger partial charge on any atom is 0.268 e. The molecule has 4 aromatic rings. The second-order valence-corrected chi connectivity index (χ2v) is 7.41. The van der Waals surface area contributed by atoms with Gasteiger partial charge in [-0.15, -0.1) is 10.2 Å². The molecule has 0 aliphatic carbocycles. The van der Waals surface area contributed by atoms with Gasteiger partial charge in [-0.25, -0.2) is 0 Å². The van der Waals surface area contributed by atoms with E-state index in [2.05, 4.69) is 22.3 Å². The van der Waals surface area contributed by atoms with Crippen LogP contribution < -0.4 is 0 Å². The van der Waals surface area contributed by atoms with Crippen LogP contribution in [0.25, 0.3) is 33.9 Å². The standard InChI is InChI=1S/C17H9Cl3N2O2/c18-17(19,20)16-22-21-15(24-16)8-6-11-9-13-12-4-2-1-3-10(12)5-7-14(13)23-11/h1-9H. The van der Waals surface area contributed by atoms with Crippen molar-refractivity contribution >= 4 is 68.7 Å². The highest BCUT2D eigenvalue weighted by molar-refractivity contribution is 6.66. The third-order valence-corrected chi connectivity index (χ3v) is 4.00. The van der Waals surface area contributed by atoms with Crippen molar-refractivity contribution in [2.45, 2.75) is 3.79 Å². The zero-order valence-corrected chi connectivity index (χ0v) is 14.3. The van der Waals surface area contributed by atoms with Gasteiger partial charge in [-0.2, -0.15) is 0 Å². The first-order valence-electron chi connectivity index (χ1n) is 7.01. The van der Waals surface area contributed by atoms with Crippen LogP contribution in [0.4, 0.5) is 0 Å². The average Bonchev–Trinajstić information content (AvgIpc) is 3.19. The van der Waals surface area contributed by atoms with Crippen LogP contribution in [0.3, 0.4) is 0 Å². The molecule has 24 heavy (non-hydrogen) atoms. The van der Waals surface area contributed by atoms with Gasteiger partial charge in [0.25, 0.3) is 9.68 Å². The van der Waals surface area contributed by atoms with Crippen molar-refractivity contribution < 1.29 is 8.83 Å². The fourth-order valence-electron chi connectivity index (χ4n) is 2.46. The number of halogens is 3. The summed E-state index contributed by atoms with van der Waals surface area (Å²) in [5, 5.41) is 10.8. The topological polar surface area (TPSA) is 52.1 Å². The van der Waals surface area contributed by atoms with Crippen molar-refractivity contribution in [1.82, 2.24) is 10.2 Å². The Morgan fingerprint density at radius 2 is 1.71 bits per heavy atom. The summed E-state index contributed by atoms with van der Waals surface area (Å²) < 4.78 is 9.35. The summed E-state index contributed by atoms with van der Waals surface area (Å²) in [4.78, 5) is 0. The van der Waals surface area contributed by atoms with Crippen molar-refractivity contribution in [2.24, 2.45) is 0 Å². The maximum absolute atomic E-state index is 5.82. The molecular formula is C17H9Cl3N2O2. The lowest BCUT2D eigenvalue weighted by Crippen LogP contribution is -1.99. The molecule has 4 rings (SSSR count). The molecule has 120 valence electrons. The molecule has 0 fully saturated rings. The van der Waals surface area contributed by atoms with Gasteiger partial charge in [0.1, 0.15) is 11.3 Å². The minimum absolute atomic E-state index is 0.0808. The summed E-state index contributed by atoms with van der Waals surface area (Å²) in [5.41, 5.74) is 0.806. The van der Waals surface area contributed by atoms with Crippen LogP contribution in [0, 0.1) is 0 Å². The Kier molecular flexibility index (Phi) is 3.76. The average molecular weight is 380 g/mol. The number of alkyl halides is 3. The lowest BCUT2D eigenvalue weighted by Gasteiger charge is -2.01. The highest BCUT2D eigenvalue weighted by atomic mass is 35.6. The number of hydrogen-bond acceptors (Lipinski definition) is 4. The predicted molar refractivity (Wildman–Crippen MR) is 96.2 cm³/mol. The Labute approximate surface area is 151 Å². The number of benzene rings is 2. The first kappa shape index (κ1) is 15.5. The monoisotopic (exact) mass is 378 g/mol. The van der Waals surface area contributed by atoms with E-state index in [9.17, 15) is 0 Å². The molecule has 7 heteroatoms. The van der Waals surface area contributed by atoms with Gasteiger partial charge in [0.2, 0.25) is 5.89 Å². The van der Waals surface area contributed by atoms with E-state index in [1.54, 1.807) is 12.2 Å². The molecule has 0 aliphatic heterocycles. The maximum atomic E-state index is 5.82. The second kappa shape index (κ2) is 5.81. The van der Waals surface area contributed by atoms with Crippen LogP contribution in [0.1, 0.15) is 17.5 Å². The molecule has 0 aliphatic rings. The van der Waals surface area contributed by atoms with Crippen LogP contribution >= 0.6 is 34.8 Å². The second-order valence-electron chi connectivity index (χ2n) is 5.12. The zero-order valence-electron chi connectivity index (χ0n) is 12.0. The number of nitrogens with zero attached hydrogens (tertiary/aromatic N) is 2. The molecule has 4 nitrogen and oxygen atoms in total. The van der Waals surface area contributed by atoms with E-state index in [0.29, 0.717) is 5.76 Å². The van der Waals surface area contributed by atoms with E-state index in [0.717, 1.165) is 21.7 Å². The van der Waals surface area contributed by atoms with E-state index < -0.39 is 3.79 Å². The van der Waals surface area contributed by atoms with Gasteiger partial charge in [0.05, 0.1) is 0 Å². The summed E-state index contributed by atoms with van der Waals surface area (Å²) in [6, 6.07) is 14.1. The van der Waals surface area contributed by atoms with Gasteiger partial charge in [0, 0.05) is 11.5 Å². The SMILES string of the molecule is ClC(Cl)(Cl)c1nnc(C=Cc2cc3c(ccc4ccccc43)o2)o1. The van der Waals surface area contributed by atoms with Crippen molar-refractivity contribution in [3.05, 3.63) is 60.0 Å². The summed E-state index contributed by atoms with van der Waals surface area (Å²) in [5.74, 6) is 0.805. The van der Waals surface area contributed by atoms with Gasteiger partial charge in [0.15, 0.2) is 0 Å². The molecule has 0 bridgehead atoms. The lowest BCUT2D eigenvalue weighted by molar-refractivity contribution is 0.493. The zero-order chi connectivity index (χ0) is 16.7. The Hall–Kier alpha value is -2.01. The van der Waals surface area contributed by atoms with E-state index in [-0.39, 0.29) is 11.8 Å². The first-order valence-corrected chi connectivity index (χ1v) is 8.14. The fourth-order valence-corrected chi connectivity index (χ4v) is 2.69. The van der Waals surface area contributed by atoms with E-state index in [1.807, 2.05) is 30.3 Å². The molecule has 0 amide bonds. The van der Waals surface area contributed by atoms with Crippen molar-refractivity contribution in [3.8, 4) is 0 Å². The number of fused-ring (bicyclic) bond motifs is 3. The summed E-state index contributed by atoms with van der Waals surface area (Å²) in [6.07, 6.45) is 3.33. The molecule has 2 heterocycles. The molecule has 0 saturated heterocycles. The normalized spacial score (nSPS) is 12.6. The third-order valence-electron chi connectivity index (χ3n) is 3.52. The largest absolute Gasteiger partial charge is 0.457 e. The number of furan rings is 1. The predicted octanol–water partition coefficient (Wildman–Crippen LogP) is 5.97. The smallest absolute Gasteiger partial charge is 0.268 e. The fraction of sp³-hybridized carbons (Fsp3) is 0.0588. The lowest BCUT2D eigenvalue weighted by atomic mass is 10.1. The van der Waals surface area contributed by atoms with Crippen molar-refractivity contribution in [1.29, 1.82) is 0 Å². The van der Waals surface area contributed by atoms with Crippen LogP contribution in [0.2, 0.25) is 0 Å². The van der Waals surface area contributed by atoms with Crippen molar-refractivity contribution in [3.63, 3.8) is 0 Å². The Bertz CT molecular complexity index is 1060. The highest BCUT2D eigenvalue weighted by Crippen LogP contribution is 2.37. The van der Waals surface area contributed by atoms with Crippen LogP contribution in [-0.4, -0.2) is 10.2 Å². The highest BCUT2D eigenvalue weighted by Gasteiger charge is 2.29. The molecule has 0 unspecified atom stereocenters. The van der Waals surface area contributed by atoms with Gasteiger partial charge in [-0.1, -0.05) is 65.1 Å². The summed E-state index contributed by atoms with van der Waals surface area (Å²) in [7, 11) is 0. The van der Waals surface area contributed by atoms with Crippen LogP contribution in [0.5, 0.6) is 0 Å². The minimum Gasteiger partial charge on any atom is -0.457 e.